The van der Waals surface area contributed by atoms with Gasteiger partial charge in [-0.1, -0.05) is 36.4 Å². The van der Waals surface area contributed by atoms with Gasteiger partial charge in [0.25, 0.3) is 0 Å². The molecule has 4 nitrogen and oxygen atoms in total. The number of nitrogens with zero attached hydrogens (tertiary/aromatic N) is 2. The predicted octanol–water partition coefficient (Wildman–Crippen LogP) is 3.77. The molecule has 1 aliphatic rings. The van der Waals surface area contributed by atoms with Crippen molar-refractivity contribution < 1.29 is 4.79 Å². The third kappa shape index (κ3) is 2.36. The first-order valence-corrected chi connectivity index (χ1v) is 7.90. The molecule has 4 rings (SSSR count). The van der Waals surface area contributed by atoms with Gasteiger partial charge in [0, 0.05) is 54.4 Å². The van der Waals surface area contributed by atoms with Crippen LogP contribution in [0.3, 0.4) is 0 Å². The second-order valence-corrected chi connectivity index (χ2v) is 5.97. The van der Waals surface area contributed by atoms with Gasteiger partial charge in [-0.15, -0.1) is 0 Å². The Labute approximate surface area is 135 Å². The zero-order chi connectivity index (χ0) is 15.8. The lowest BCUT2D eigenvalue weighted by Crippen LogP contribution is -2.39. The minimum Gasteiger partial charge on any atom is -0.347 e. The van der Waals surface area contributed by atoms with E-state index < -0.39 is 0 Å². The average molecular weight is 305 g/mol. The first kappa shape index (κ1) is 13.9. The van der Waals surface area contributed by atoms with Gasteiger partial charge in [0.2, 0.25) is 0 Å². The van der Waals surface area contributed by atoms with Crippen molar-refractivity contribution in [3.63, 3.8) is 0 Å². The smallest absolute Gasteiger partial charge is 0.322 e. The quantitative estimate of drug-likeness (QED) is 0.730. The number of para-hydroxylation sites is 2. The van der Waals surface area contributed by atoms with Gasteiger partial charge in [0.15, 0.2) is 0 Å². The maximum atomic E-state index is 12.5. The molecule has 0 fully saturated rings. The van der Waals surface area contributed by atoms with E-state index in [9.17, 15) is 4.79 Å². The summed E-state index contributed by atoms with van der Waals surface area (Å²) >= 11 is 0. The van der Waals surface area contributed by atoms with Crippen LogP contribution in [-0.2, 0) is 20.0 Å². The summed E-state index contributed by atoms with van der Waals surface area (Å²) in [5.41, 5.74) is 4.69. The van der Waals surface area contributed by atoms with E-state index in [0.29, 0.717) is 6.54 Å². The highest BCUT2D eigenvalue weighted by atomic mass is 16.2. The van der Waals surface area contributed by atoms with E-state index in [1.165, 1.54) is 22.2 Å². The van der Waals surface area contributed by atoms with E-state index in [1.807, 2.05) is 35.2 Å². The summed E-state index contributed by atoms with van der Waals surface area (Å²) in [5.74, 6) is 0. The van der Waals surface area contributed by atoms with Gasteiger partial charge in [0.1, 0.15) is 0 Å². The molecule has 1 aromatic heterocycles. The van der Waals surface area contributed by atoms with Crippen molar-refractivity contribution in [2.45, 2.75) is 13.0 Å². The van der Waals surface area contributed by atoms with Gasteiger partial charge in [0.05, 0.1) is 0 Å². The zero-order valence-corrected chi connectivity index (χ0v) is 13.1. The standard InChI is InChI=1S/C19H19N3O/c1-21-17-10-6-5-9-15(17)16-13-22(12-11-18(16)21)19(23)20-14-7-3-2-4-8-14/h2-10H,11-13H2,1H3,(H,20,23). The Balaban J connectivity index is 1.61. The summed E-state index contributed by atoms with van der Waals surface area (Å²) in [6.45, 7) is 1.41. The van der Waals surface area contributed by atoms with Crippen LogP contribution in [0, 0.1) is 0 Å². The van der Waals surface area contributed by atoms with Crippen LogP contribution in [0.25, 0.3) is 10.9 Å². The van der Waals surface area contributed by atoms with E-state index in [4.69, 9.17) is 0 Å². The first-order valence-electron chi connectivity index (χ1n) is 7.90. The highest BCUT2D eigenvalue weighted by molar-refractivity contribution is 5.91. The molecule has 0 bridgehead atoms. The Morgan fingerprint density at radius 1 is 1.04 bits per heavy atom. The largest absolute Gasteiger partial charge is 0.347 e. The lowest BCUT2D eigenvalue weighted by Gasteiger charge is -2.28. The van der Waals surface area contributed by atoms with Gasteiger partial charge >= 0.3 is 6.03 Å². The molecule has 2 amide bonds. The summed E-state index contributed by atoms with van der Waals surface area (Å²) in [4.78, 5) is 14.4. The van der Waals surface area contributed by atoms with Crippen LogP contribution in [0.2, 0.25) is 0 Å². The van der Waals surface area contributed by atoms with E-state index in [1.54, 1.807) is 0 Å². The molecule has 0 saturated heterocycles. The predicted molar refractivity (Wildman–Crippen MR) is 92.5 cm³/mol. The van der Waals surface area contributed by atoms with Crippen LogP contribution < -0.4 is 5.32 Å². The number of anilines is 1. The van der Waals surface area contributed by atoms with E-state index in [0.717, 1.165) is 18.7 Å². The number of rotatable bonds is 1. The molecule has 0 unspecified atom stereocenters. The number of carbonyl (C=O) groups is 1. The lowest BCUT2D eigenvalue weighted by atomic mass is 10.0. The monoisotopic (exact) mass is 305 g/mol. The Morgan fingerprint density at radius 2 is 1.78 bits per heavy atom. The minimum atomic E-state index is -0.0326. The number of fused-ring (bicyclic) bond motifs is 3. The summed E-state index contributed by atoms with van der Waals surface area (Å²) in [6, 6.07) is 18.0. The second kappa shape index (κ2) is 5.47. The fourth-order valence-corrected chi connectivity index (χ4v) is 3.43. The number of carbonyl (C=O) groups excluding carboxylic acids is 1. The fourth-order valence-electron chi connectivity index (χ4n) is 3.43. The van der Waals surface area contributed by atoms with E-state index in [2.05, 4.69) is 41.2 Å². The Bertz CT molecular complexity index is 867. The molecule has 0 aliphatic carbocycles. The zero-order valence-electron chi connectivity index (χ0n) is 13.1. The summed E-state index contributed by atoms with van der Waals surface area (Å²) in [5, 5.41) is 4.23. The SMILES string of the molecule is Cn1c2c(c3ccccc31)CN(C(=O)Nc1ccccc1)CC2. The lowest BCUT2D eigenvalue weighted by molar-refractivity contribution is 0.206. The number of hydrogen-bond acceptors (Lipinski definition) is 1. The van der Waals surface area contributed by atoms with Gasteiger partial charge in [-0.25, -0.2) is 4.79 Å². The van der Waals surface area contributed by atoms with Crippen LogP contribution in [0.5, 0.6) is 0 Å². The molecule has 0 saturated carbocycles. The number of urea groups is 1. The maximum absolute atomic E-state index is 12.5. The number of benzene rings is 2. The molecule has 3 aromatic rings. The third-order valence-electron chi connectivity index (χ3n) is 4.62. The number of aromatic nitrogens is 1. The molecule has 116 valence electrons. The van der Waals surface area contributed by atoms with Crippen LogP contribution in [-0.4, -0.2) is 22.0 Å². The molecule has 1 N–H and O–H groups in total. The molecular weight excluding hydrogens is 286 g/mol. The highest BCUT2D eigenvalue weighted by Gasteiger charge is 2.25. The second-order valence-electron chi connectivity index (χ2n) is 5.97. The molecule has 4 heteroatoms. The normalized spacial score (nSPS) is 13.9. The Morgan fingerprint density at radius 3 is 2.61 bits per heavy atom. The molecule has 2 aromatic carbocycles. The third-order valence-corrected chi connectivity index (χ3v) is 4.62. The maximum Gasteiger partial charge on any atom is 0.322 e. The molecule has 2 heterocycles. The number of hydrogen-bond donors (Lipinski definition) is 1. The van der Waals surface area contributed by atoms with Gasteiger partial charge in [-0.05, 0) is 18.2 Å². The number of amides is 2. The topological polar surface area (TPSA) is 37.3 Å². The first-order chi connectivity index (χ1) is 11.2. The summed E-state index contributed by atoms with van der Waals surface area (Å²) in [6.07, 6.45) is 0.892. The fraction of sp³-hybridized carbons (Fsp3) is 0.211. The van der Waals surface area contributed by atoms with Crippen LogP contribution in [0.4, 0.5) is 10.5 Å². The summed E-state index contributed by atoms with van der Waals surface area (Å²) in [7, 11) is 2.11. The molecule has 1 aliphatic heterocycles. The molecule has 0 spiro atoms. The van der Waals surface area contributed by atoms with Gasteiger partial charge in [-0.3, -0.25) is 0 Å². The van der Waals surface area contributed by atoms with Crippen molar-refractivity contribution >= 4 is 22.6 Å². The highest BCUT2D eigenvalue weighted by Crippen LogP contribution is 2.30. The number of aryl methyl sites for hydroxylation is 1. The van der Waals surface area contributed by atoms with Crippen LogP contribution in [0.15, 0.2) is 54.6 Å². The number of nitrogens with one attached hydrogen (secondary N) is 1. The molecule has 23 heavy (non-hydrogen) atoms. The molecular formula is C19H19N3O. The van der Waals surface area contributed by atoms with Crippen molar-refractivity contribution in [1.82, 2.24) is 9.47 Å². The summed E-state index contributed by atoms with van der Waals surface area (Å²) < 4.78 is 2.26. The molecule has 0 radical (unpaired) electrons. The van der Waals surface area contributed by atoms with Crippen molar-refractivity contribution in [2.75, 3.05) is 11.9 Å². The Hall–Kier alpha value is -2.75. The van der Waals surface area contributed by atoms with Crippen LogP contribution in [0.1, 0.15) is 11.3 Å². The van der Waals surface area contributed by atoms with Gasteiger partial charge in [-0.2, -0.15) is 0 Å². The van der Waals surface area contributed by atoms with E-state index in [-0.39, 0.29) is 6.03 Å². The van der Waals surface area contributed by atoms with Gasteiger partial charge < -0.3 is 14.8 Å². The van der Waals surface area contributed by atoms with Crippen molar-refractivity contribution in [3.05, 3.63) is 65.9 Å². The Kier molecular flexibility index (Phi) is 3.30. The minimum absolute atomic E-state index is 0.0326. The van der Waals surface area contributed by atoms with E-state index >= 15 is 0 Å². The molecule has 0 atom stereocenters. The van der Waals surface area contributed by atoms with Crippen molar-refractivity contribution in [3.8, 4) is 0 Å². The average Bonchev–Trinajstić information content (AvgIpc) is 2.89. The van der Waals surface area contributed by atoms with Crippen LogP contribution >= 0.6 is 0 Å². The van der Waals surface area contributed by atoms with Crippen molar-refractivity contribution in [2.24, 2.45) is 7.05 Å². The van der Waals surface area contributed by atoms with Crippen molar-refractivity contribution in [1.29, 1.82) is 0 Å².